The van der Waals surface area contributed by atoms with Gasteiger partial charge in [-0.25, -0.2) is 0 Å². The molecule has 1 aliphatic heterocycles. The number of carbonyl (C=O) groups is 2. The van der Waals surface area contributed by atoms with E-state index in [1.165, 1.54) is 4.90 Å². The zero-order valence-electron chi connectivity index (χ0n) is 13.5. The molecule has 0 spiro atoms. The first-order valence-electron chi connectivity index (χ1n) is 7.94. The van der Waals surface area contributed by atoms with Crippen LogP contribution in [0.25, 0.3) is 0 Å². The van der Waals surface area contributed by atoms with Gasteiger partial charge >= 0.3 is 0 Å². The lowest BCUT2D eigenvalue weighted by molar-refractivity contribution is -0.149. The van der Waals surface area contributed by atoms with Crippen LogP contribution >= 0.6 is 0 Å². The van der Waals surface area contributed by atoms with Gasteiger partial charge in [0.05, 0.1) is 0 Å². The number of hydrogen-bond donors (Lipinski definition) is 2. The molecule has 0 unspecified atom stereocenters. The molecule has 2 aromatic rings. The normalized spacial score (nSPS) is 20.2. The average Bonchev–Trinajstić information content (AvgIpc) is 2.90. The third-order valence-corrected chi connectivity index (χ3v) is 4.28. The number of benzene rings is 2. The highest BCUT2D eigenvalue weighted by molar-refractivity contribution is 6.16. The second kappa shape index (κ2) is 6.45. The Balaban J connectivity index is 1.69. The summed E-state index contributed by atoms with van der Waals surface area (Å²) in [5.74, 6) is -1.22. The Morgan fingerprint density at radius 3 is 2.67 bits per heavy atom. The Hall–Kier alpha value is -2.66. The van der Waals surface area contributed by atoms with Crippen molar-refractivity contribution in [3.8, 4) is 0 Å². The van der Waals surface area contributed by atoms with Crippen molar-refractivity contribution < 1.29 is 14.7 Å². The number of anilines is 1. The summed E-state index contributed by atoms with van der Waals surface area (Å²) < 4.78 is 0. The van der Waals surface area contributed by atoms with E-state index in [1.54, 1.807) is 12.1 Å². The molecule has 0 aromatic heterocycles. The highest BCUT2D eigenvalue weighted by atomic mass is 16.3. The van der Waals surface area contributed by atoms with E-state index in [1.807, 2.05) is 49.4 Å². The van der Waals surface area contributed by atoms with Gasteiger partial charge in [-0.15, -0.1) is 0 Å². The molecular formula is C19H20N2O3. The fourth-order valence-electron chi connectivity index (χ4n) is 2.92. The third-order valence-electron chi connectivity index (χ3n) is 4.28. The lowest BCUT2D eigenvalue weighted by atomic mass is 10.0. The minimum absolute atomic E-state index is 0.0837. The molecule has 1 saturated heterocycles. The summed E-state index contributed by atoms with van der Waals surface area (Å²) in [5, 5.41) is 13.3. The number of hydrogen-bond acceptors (Lipinski definition) is 3. The topological polar surface area (TPSA) is 69.6 Å². The van der Waals surface area contributed by atoms with Gasteiger partial charge in [-0.1, -0.05) is 48.0 Å². The summed E-state index contributed by atoms with van der Waals surface area (Å²) in [6.07, 6.45) is 0.0837. The number of para-hydroxylation sites is 1. The zero-order valence-corrected chi connectivity index (χ0v) is 13.5. The van der Waals surface area contributed by atoms with Crippen LogP contribution in [0.1, 0.15) is 17.5 Å². The number of nitrogens with zero attached hydrogens (tertiary/aromatic N) is 1. The molecule has 1 heterocycles. The molecule has 124 valence electrons. The highest BCUT2D eigenvalue weighted by Gasteiger charge is 2.51. The first-order valence-corrected chi connectivity index (χ1v) is 7.94. The SMILES string of the molecule is Cc1cccc(CNC(=O)[C@@]2(O)CCN(c3ccccc3)C2=O)c1. The molecule has 0 bridgehead atoms. The lowest BCUT2D eigenvalue weighted by Gasteiger charge is -2.21. The summed E-state index contributed by atoms with van der Waals surface area (Å²) in [4.78, 5) is 26.4. The number of aryl methyl sites for hydroxylation is 1. The van der Waals surface area contributed by atoms with E-state index in [2.05, 4.69) is 5.32 Å². The molecule has 1 atom stereocenters. The summed E-state index contributed by atoms with van der Waals surface area (Å²) in [7, 11) is 0. The Labute approximate surface area is 140 Å². The van der Waals surface area contributed by atoms with Crippen LogP contribution in [0.3, 0.4) is 0 Å². The lowest BCUT2D eigenvalue weighted by Crippen LogP contribution is -2.52. The average molecular weight is 324 g/mol. The molecule has 2 amide bonds. The fraction of sp³-hybridized carbons (Fsp3) is 0.263. The molecule has 5 heteroatoms. The van der Waals surface area contributed by atoms with Gasteiger partial charge in [0, 0.05) is 25.2 Å². The van der Waals surface area contributed by atoms with Crippen LogP contribution in [-0.4, -0.2) is 29.1 Å². The van der Waals surface area contributed by atoms with Gasteiger partial charge in [-0.2, -0.15) is 0 Å². The molecule has 0 radical (unpaired) electrons. The van der Waals surface area contributed by atoms with E-state index >= 15 is 0 Å². The second-order valence-electron chi connectivity index (χ2n) is 6.07. The third kappa shape index (κ3) is 3.03. The van der Waals surface area contributed by atoms with Crippen LogP contribution < -0.4 is 10.2 Å². The van der Waals surface area contributed by atoms with Crippen molar-refractivity contribution in [1.82, 2.24) is 5.32 Å². The van der Waals surface area contributed by atoms with Crippen LogP contribution in [0.4, 0.5) is 5.69 Å². The Kier molecular flexibility index (Phi) is 4.36. The smallest absolute Gasteiger partial charge is 0.268 e. The molecule has 24 heavy (non-hydrogen) atoms. The Morgan fingerprint density at radius 2 is 1.96 bits per heavy atom. The second-order valence-corrected chi connectivity index (χ2v) is 6.07. The van der Waals surface area contributed by atoms with E-state index in [-0.39, 0.29) is 13.0 Å². The van der Waals surface area contributed by atoms with Gasteiger partial charge in [0.15, 0.2) is 0 Å². The van der Waals surface area contributed by atoms with Crippen LogP contribution in [0.15, 0.2) is 54.6 Å². The fourth-order valence-corrected chi connectivity index (χ4v) is 2.92. The van der Waals surface area contributed by atoms with Gasteiger partial charge in [-0.05, 0) is 24.6 Å². The van der Waals surface area contributed by atoms with Gasteiger partial charge in [0.2, 0.25) is 5.60 Å². The number of amides is 2. The van der Waals surface area contributed by atoms with Gasteiger partial charge in [-0.3, -0.25) is 9.59 Å². The van der Waals surface area contributed by atoms with Crippen molar-refractivity contribution in [2.45, 2.75) is 25.5 Å². The molecule has 2 N–H and O–H groups in total. The monoisotopic (exact) mass is 324 g/mol. The van der Waals surface area contributed by atoms with Crippen LogP contribution in [0, 0.1) is 6.92 Å². The Bertz CT molecular complexity index is 760. The maximum atomic E-state index is 12.5. The summed E-state index contributed by atoms with van der Waals surface area (Å²) >= 11 is 0. The summed E-state index contributed by atoms with van der Waals surface area (Å²) in [5.41, 5.74) is 0.703. The van der Waals surface area contributed by atoms with Crippen LogP contribution in [0.2, 0.25) is 0 Å². The van der Waals surface area contributed by atoms with Crippen molar-refractivity contribution in [1.29, 1.82) is 0 Å². The maximum absolute atomic E-state index is 12.5. The standard InChI is InChI=1S/C19H20N2O3/c1-14-6-5-7-15(12-14)13-20-17(22)19(24)10-11-21(18(19)23)16-8-3-2-4-9-16/h2-9,12,24H,10-11,13H2,1H3,(H,20,22)/t19-/m0/s1. The summed E-state index contributed by atoms with van der Waals surface area (Å²) in [6, 6.07) is 16.8. The van der Waals surface area contributed by atoms with Crippen molar-refractivity contribution in [2.24, 2.45) is 0 Å². The molecule has 0 aliphatic carbocycles. The van der Waals surface area contributed by atoms with E-state index in [4.69, 9.17) is 0 Å². The van der Waals surface area contributed by atoms with Gasteiger partial charge in [0.1, 0.15) is 0 Å². The van der Waals surface area contributed by atoms with E-state index in [0.717, 1.165) is 11.1 Å². The van der Waals surface area contributed by atoms with E-state index in [9.17, 15) is 14.7 Å². The van der Waals surface area contributed by atoms with Crippen LogP contribution in [0.5, 0.6) is 0 Å². The van der Waals surface area contributed by atoms with Crippen LogP contribution in [-0.2, 0) is 16.1 Å². The van der Waals surface area contributed by atoms with Gasteiger partial charge < -0.3 is 15.3 Å². The predicted molar refractivity (Wildman–Crippen MR) is 91.4 cm³/mol. The van der Waals surface area contributed by atoms with Crippen molar-refractivity contribution in [2.75, 3.05) is 11.4 Å². The van der Waals surface area contributed by atoms with Crippen molar-refractivity contribution >= 4 is 17.5 Å². The van der Waals surface area contributed by atoms with E-state index < -0.39 is 17.4 Å². The predicted octanol–water partition coefficient (Wildman–Crippen LogP) is 1.78. The highest BCUT2D eigenvalue weighted by Crippen LogP contribution is 2.28. The van der Waals surface area contributed by atoms with Crippen molar-refractivity contribution in [3.05, 3.63) is 65.7 Å². The molecule has 0 saturated carbocycles. The number of carbonyl (C=O) groups excluding carboxylic acids is 2. The molecule has 1 aliphatic rings. The largest absolute Gasteiger partial charge is 0.372 e. The molecule has 1 fully saturated rings. The summed E-state index contributed by atoms with van der Waals surface area (Å²) in [6.45, 7) is 2.57. The zero-order chi connectivity index (χ0) is 17.2. The van der Waals surface area contributed by atoms with Gasteiger partial charge in [0.25, 0.3) is 11.8 Å². The first-order chi connectivity index (χ1) is 11.5. The minimum atomic E-state index is -2.00. The minimum Gasteiger partial charge on any atom is -0.372 e. The molecular weight excluding hydrogens is 304 g/mol. The first kappa shape index (κ1) is 16.2. The van der Waals surface area contributed by atoms with Crippen molar-refractivity contribution in [3.63, 3.8) is 0 Å². The Morgan fingerprint density at radius 1 is 1.21 bits per heavy atom. The molecule has 5 nitrogen and oxygen atoms in total. The number of rotatable bonds is 4. The number of nitrogens with one attached hydrogen (secondary N) is 1. The molecule has 3 rings (SSSR count). The van der Waals surface area contributed by atoms with E-state index in [0.29, 0.717) is 12.2 Å². The molecule has 2 aromatic carbocycles. The quantitative estimate of drug-likeness (QED) is 0.842. The number of aliphatic hydroxyl groups is 1. The maximum Gasteiger partial charge on any atom is 0.268 e.